The number of likely N-dealkylation sites (tertiary alicyclic amines) is 1. The van der Waals surface area contributed by atoms with E-state index in [0.29, 0.717) is 28.9 Å². The molecule has 2 aromatic heterocycles. The molecule has 0 aliphatic carbocycles. The number of piperidine rings is 1. The topological polar surface area (TPSA) is 72.9 Å². The van der Waals surface area contributed by atoms with Gasteiger partial charge in [0.2, 0.25) is 5.89 Å². The maximum Gasteiger partial charge on any atom is 0.237 e. The highest BCUT2D eigenvalue weighted by molar-refractivity contribution is 7.98. The Balaban J connectivity index is 1.32. The molecule has 0 saturated carbocycles. The molecule has 5 rings (SSSR count). The van der Waals surface area contributed by atoms with Gasteiger partial charge in [-0.3, -0.25) is 9.47 Å². The van der Waals surface area contributed by atoms with Gasteiger partial charge >= 0.3 is 0 Å². The zero-order chi connectivity index (χ0) is 22.5. The van der Waals surface area contributed by atoms with Crippen molar-refractivity contribution < 1.29 is 4.52 Å². The molecule has 3 heterocycles. The van der Waals surface area contributed by atoms with Gasteiger partial charge in [-0.05, 0) is 55.8 Å². The molecule has 170 valence electrons. The Morgan fingerprint density at radius 1 is 0.939 bits per heavy atom. The fraction of sp³-hybridized carbons (Fsp3) is 0.333. The van der Waals surface area contributed by atoms with E-state index in [9.17, 15) is 0 Å². The van der Waals surface area contributed by atoms with Gasteiger partial charge in [0.25, 0.3) is 0 Å². The second kappa shape index (κ2) is 10.5. The van der Waals surface area contributed by atoms with Crippen LogP contribution in [0.2, 0.25) is 5.02 Å². The van der Waals surface area contributed by atoms with Crippen LogP contribution in [0.15, 0.2) is 64.3 Å². The third-order valence-electron chi connectivity index (χ3n) is 5.64. The Morgan fingerprint density at radius 2 is 1.73 bits per heavy atom. The lowest BCUT2D eigenvalue weighted by atomic mass is 10.1. The summed E-state index contributed by atoms with van der Waals surface area (Å²) < 4.78 is 7.59. The van der Waals surface area contributed by atoms with Crippen LogP contribution in [0.25, 0.3) is 5.69 Å². The van der Waals surface area contributed by atoms with E-state index in [1.54, 1.807) is 11.8 Å². The second-order valence-corrected chi connectivity index (χ2v) is 9.48. The summed E-state index contributed by atoms with van der Waals surface area (Å²) in [6.45, 7) is 2.97. The van der Waals surface area contributed by atoms with Crippen LogP contribution in [0.3, 0.4) is 0 Å². The first-order valence-electron chi connectivity index (χ1n) is 11.2. The van der Waals surface area contributed by atoms with Gasteiger partial charge in [0.15, 0.2) is 16.8 Å². The molecule has 1 saturated heterocycles. The summed E-state index contributed by atoms with van der Waals surface area (Å²) >= 11 is 7.67. The first-order chi connectivity index (χ1) is 16.2. The van der Waals surface area contributed by atoms with Crippen molar-refractivity contribution in [3.8, 4) is 5.69 Å². The Labute approximate surface area is 202 Å². The molecule has 0 bridgehead atoms. The van der Waals surface area contributed by atoms with E-state index in [2.05, 4.69) is 41.9 Å². The Morgan fingerprint density at radius 3 is 2.52 bits per heavy atom. The minimum Gasteiger partial charge on any atom is -0.338 e. The Kier molecular flexibility index (Phi) is 7.04. The van der Waals surface area contributed by atoms with Crippen molar-refractivity contribution in [2.75, 3.05) is 13.1 Å². The molecule has 4 aromatic rings. The molecule has 0 N–H and O–H groups in total. The van der Waals surface area contributed by atoms with E-state index in [1.165, 1.54) is 19.3 Å². The average molecular weight is 481 g/mol. The normalized spacial score (nSPS) is 14.6. The number of rotatable bonds is 8. The van der Waals surface area contributed by atoms with Crippen LogP contribution in [0, 0.1) is 0 Å². The number of hydrogen-bond acceptors (Lipinski definition) is 7. The maximum atomic E-state index is 6.13. The SMILES string of the molecule is Clc1ccc(-n2c(CN3CCCCC3)nnc2SCc2nc(Cc3ccccc3)no2)cc1. The van der Waals surface area contributed by atoms with Crippen LogP contribution in [0.1, 0.15) is 42.4 Å². The summed E-state index contributed by atoms with van der Waals surface area (Å²) in [4.78, 5) is 7.00. The largest absolute Gasteiger partial charge is 0.338 e. The highest BCUT2D eigenvalue weighted by Gasteiger charge is 2.20. The summed E-state index contributed by atoms with van der Waals surface area (Å²) in [6.07, 6.45) is 4.42. The highest BCUT2D eigenvalue weighted by Crippen LogP contribution is 2.27. The molecular weight excluding hydrogens is 456 g/mol. The molecule has 1 aliphatic rings. The smallest absolute Gasteiger partial charge is 0.237 e. The number of hydrogen-bond donors (Lipinski definition) is 0. The van der Waals surface area contributed by atoms with E-state index in [1.807, 2.05) is 42.5 Å². The molecule has 0 radical (unpaired) electrons. The van der Waals surface area contributed by atoms with Crippen molar-refractivity contribution in [1.82, 2.24) is 29.8 Å². The molecule has 0 spiro atoms. The quantitative estimate of drug-likeness (QED) is 0.322. The summed E-state index contributed by atoms with van der Waals surface area (Å²) in [5, 5.41) is 14.7. The first kappa shape index (κ1) is 22.1. The molecule has 0 atom stereocenters. The zero-order valence-corrected chi connectivity index (χ0v) is 19.8. The predicted octanol–water partition coefficient (Wildman–Crippen LogP) is 5.17. The number of nitrogens with zero attached hydrogens (tertiary/aromatic N) is 6. The van der Waals surface area contributed by atoms with Crippen molar-refractivity contribution >= 4 is 23.4 Å². The van der Waals surface area contributed by atoms with E-state index in [-0.39, 0.29) is 0 Å². The highest BCUT2D eigenvalue weighted by atomic mass is 35.5. The van der Waals surface area contributed by atoms with Crippen LogP contribution >= 0.6 is 23.4 Å². The van der Waals surface area contributed by atoms with Gasteiger partial charge < -0.3 is 4.52 Å². The van der Waals surface area contributed by atoms with Gasteiger partial charge in [0.05, 0.1) is 12.3 Å². The summed E-state index contributed by atoms with van der Waals surface area (Å²) in [7, 11) is 0. The second-order valence-electron chi connectivity index (χ2n) is 8.10. The molecule has 1 aliphatic heterocycles. The maximum absolute atomic E-state index is 6.13. The van der Waals surface area contributed by atoms with Crippen molar-refractivity contribution in [2.45, 2.75) is 43.1 Å². The van der Waals surface area contributed by atoms with Gasteiger partial charge in [-0.25, -0.2) is 0 Å². The number of thioether (sulfide) groups is 1. The summed E-state index contributed by atoms with van der Waals surface area (Å²) in [5.41, 5.74) is 2.15. The fourth-order valence-electron chi connectivity index (χ4n) is 3.99. The third kappa shape index (κ3) is 5.63. The summed E-state index contributed by atoms with van der Waals surface area (Å²) in [5.74, 6) is 2.71. The average Bonchev–Trinajstić information content (AvgIpc) is 3.46. The van der Waals surface area contributed by atoms with Gasteiger partial charge in [-0.1, -0.05) is 65.3 Å². The summed E-state index contributed by atoms with van der Waals surface area (Å²) in [6, 6.07) is 17.9. The molecule has 0 amide bonds. The molecule has 0 unspecified atom stereocenters. The predicted molar refractivity (Wildman–Crippen MR) is 129 cm³/mol. The van der Waals surface area contributed by atoms with Gasteiger partial charge in [0.1, 0.15) is 0 Å². The molecule has 1 fully saturated rings. The minimum absolute atomic E-state index is 0.525. The van der Waals surface area contributed by atoms with E-state index >= 15 is 0 Å². The lowest BCUT2D eigenvalue weighted by molar-refractivity contribution is 0.214. The fourth-order valence-corrected chi connectivity index (χ4v) is 4.92. The lowest BCUT2D eigenvalue weighted by Crippen LogP contribution is -2.30. The van der Waals surface area contributed by atoms with Crippen LogP contribution in [0.5, 0.6) is 0 Å². The Bertz CT molecular complexity index is 1170. The molecular formula is C24H25ClN6OS. The van der Waals surface area contributed by atoms with Crippen molar-refractivity contribution in [3.05, 3.63) is 82.7 Å². The molecule has 33 heavy (non-hydrogen) atoms. The third-order valence-corrected chi connectivity index (χ3v) is 6.80. The molecule has 7 nitrogen and oxygen atoms in total. The van der Waals surface area contributed by atoms with Crippen LogP contribution in [-0.2, 0) is 18.7 Å². The van der Waals surface area contributed by atoms with E-state index in [4.69, 9.17) is 16.1 Å². The monoisotopic (exact) mass is 480 g/mol. The van der Waals surface area contributed by atoms with Crippen LogP contribution in [-0.4, -0.2) is 42.9 Å². The molecule has 2 aromatic carbocycles. The number of halogens is 1. The van der Waals surface area contributed by atoms with E-state index in [0.717, 1.165) is 41.9 Å². The zero-order valence-electron chi connectivity index (χ0n) is 18.2. The van der Waals surface area contributed by atoms with Crippen molar-refractivity contribution in [1.29, 1.82) is 0 Å². The van der Waals surface area contributed by atoms with Crippen molar-refractivity contribution in [3.63, 3.8) is 0 Å². The number of benzene rings is 2. The lowest BCUT2D eigenvalue weighted by Gasteiger charge is -2.26. The van der Waals surface area contributed by atoms with Crippen LogP contribution in [0.4, 0.5) is 0 Å². The van der Waals surface area contributed by atoms with Gasteiger partial charge in [0, 0.05) is 17.1 Å². The number of aromatic nitrogens is 5. The standard InChI is InChI=1S/C24H25ClN6OS/c25-19-9-11-20(12-10-19)31-22(16-30-13-5-2-6-14-30)27-28-24(31)33-17-23-26-21(29-32-23)15-18-7-3-1-4-8-18/h1,3-4,7-12H,2,5-6,13-17H2. The van der Waals surface area contributed by atoms with E-state index < -0.39 is 0 Å². The van der Waals surface area contributed by atoms with Crippen LogP contribution < -0.4 is 0 Å². The van der Waals surface area contributed by atoms with Gasteiger partial charge in [-0.15, -0.1) is 10.2 Å². The van der Waals surface area contributed by atoms with Crippen molar-refractivity contribution in [2.24, 2.45) is 0 Å². The van der Waals surface area contributed by atoms with Gasteiger partial charge in [-0.2, -0.15) is 4.98 Å². The molecule has 9 heteroatoms. The first-order valence-corrected chi connectivity index (χ1v) is 12.5. The minimum atomic E-state index is 0.525. The Hall–Kier alpha value is -2.68.